The lowest BCUT2D eigenvalue weighted by Crippen LogP contribution is -2.15. The van der Waals surface area contributed by atoms with Crippen LogP contribution in [-0.4, -0.2) is 15.7 Å². The Morgan fingerprint density at radius 3 is 2.65 bits per heavy atom. The van der Waals surface area contributed by atoms with Gasteiger partial charge in [-0.3, -0.25) is 9.48 Å². The molecule has 0 fully saturated rings. The molecule has 0 bridgehead atoms. The molecule has 0 saturated carbocycles. The van der Waals surface area contributed by atoms with Crippen LogP contribution in [0.4, 0.5) is 11.4 Å². The number of amides is 1. The first-order valence-electron chi connectivity index (χ1n) is 6.05. The minimum Gasteiger partial charge on any atom is -0.397 e. The topological polar surface area (TPSA) is 96.7 Å². The van der Waals surface area contributed by atoms with Gasteiger partial charge in [0.15, 0.2) is 0 Å². The fourth-order valence-electron chi connectivity index (χ4n) is 2.03. The highest BCUT2D eigenvalue weighted by molar-refractivity contribution is 6.07. The van der Waals surface area contributed by atoms with Gasteiger partial charge in [-0.2, -0.15) is 10.4 Å². The van der Waals surface area contributed by atoms with Crippen molar-refractivity contribution in [1.82, 2.24) is 9.78 Å². The number of rotatable bonds is 2. The zero-order chi connectivity index (χ0) is 14.9. The van der Waals surface area contributed by atoms with Crippen LogP contribution in [0.2, 0.25) is 0 Å². The Morgan fingerprint density at radius 1 is 1.45 bits per heavy atom. The molecule has 1 heterocycles. The average Bonchev–Trinajstić information content (AvgIpc) is 2.65. The third-order valence-corrected chi connectivity index (χ3v) is 3.16. The van der Waals surface area contributed by atoms with Gasteiger partial charge in [0.1, 0.15) is 0 Å². The van der Waals surface area contributed by atoms with Crippen molar-refractivity contribution in [3.8, 4) is 6.07 Å². The van der Waals surface area contributed by atoms with Crippen LogP contribution in [0.3, 0.4) is 0 Å². The van der Waals surface area contributed by atoms with Crippen LogP contribution in [0.25, 0.3) is 0 Å². The molecular formula is C14H15N5O. The van der Waals surface area contributed by atoms with E-state index in [0.717, 1.165) is 5.69 Å². The second-order valence-corrected chi connectivity index (χ2v) is 4.54. The number of nitrogens with zero attached hydrogens (tertiary/aromatic N) is 3. The summed E-state index contributed by atoms with van der Waals surface area (Å²) in [6, 6.07) is 6.75. The fourth-order valence-corrected chi connectivity index (χ4v) is 2.03. The number of nitrogens with one attached hydrogen (secondary N) is 1. The summed E-state index contributed by atoms with van der Waals surface area (Å²) in [4.78, 5) is 12.3. The number of nitriles is 1. The van der Waals surface area contributed by atoms with Crippen molar-refractivity contribution in [2.24, 2.45) is 7.05 Å². The van der Waals surface area contributed by atoms with Gasteiger partial charge in [0, 0.05) is 12.7 Å². The smallest absolute Gasteiger partial charge is 0.259 e. The quantitative estimate of drug-likeness (QED) is 0.811. The molecule has 0 saturated heterocycles. The molecule has 0 spiro atoms. The van der Waals surface area contributed by atoms with Gasteiger partial charge in [-0.25, -0.2) is 0 Å². The number of carbonyl (C=O) groups excluding carboxylic acids is 1. The normalized spacial score (nSPS) is 10.1. The maximum absolute atomic E-state index is 12.3. The summed E-state index contributed by atoms with van der Waals surface area (Å²) < 4.78 is 1.66. The van der Waals surface area contributed by atoms with Crippen molar-refractivity contribution < 1.29 is 4.79 Å². The minimum atomic E-state index is -0.260. The van der Waals surface area contributed by atoms with Crippen LogP contribution in [0.1, 0.15) is 27.3 Å². The van der Waals surface area contributed by atoms with Crippen molar-refractivity contribution in [3.05, 3.63) is 40.7 Å². The van der Waals surface area contributed by atoms with E-state index in [0.29, 0.717) is 28.2 Å². The summed E-state index contributed by atoms with van der Waals surface area (Å²) in [5.41, 5.74) is 9.10. The van der Waals surface area contributed by atoms with Gasteiger partial charge in [-0.1, -0.05) is 0 Å². The van der Waals surface area contributed by atoms with Gasteiger partial charge < -0.3 is 11.1 Å². The van der Waals surface area contributed by atoms with Gasteiger partial charge in [0.2, 0.25) is 0 Å². The molecule has 0 unspecified atom stereocenters. The van der Waals surface area contributed by atoms with E-state index in [1.165, 1.54) is 6.07 Å². The largest absolute Gasteiger partial charge is 0.397 e. The third kappa shape index (κ3) is 2.34. The molecule has 6 heteroatoms. The van der Waals surface area contributed by atoms with Crippen LogP contribution in [0, 0.1) is 25.2 Å². The Bertz CT molecular complexity index is 724. The lowest BCUT2D eigenvalue weighted by Gasteiger charge is -2.08. The SMILES string of the molecule is Cc1nn(C)c(C)c1C(=O)Nc1ccc(C#N)cc1N. The standard InChI is InChI=1S/C14H15N5O/c1-8-13(9(2)19(3)18-8)14(20)17-12-5-4-10(7-15)6-11(12)16/h4-6H,16H2,1-3H3,(H,17,20). The first kappa shape index (κ1) is 13.6. The number of aryl methyl sites for hydroxylation is 2. The molecule has 102 valence electrons. The van der Waals surface area contributed by atoms with E-state index in [1.54, 1.807) is 30.8 Å². The van der Waals surface area contributed by atoms with E-state index in [4.69, 9.17) is 11.0 Å². The summed E-state index contributed by atoms with van der Waals surface area (Å²) in [5.74, 6) is -0.260. The van der Waals surface area contributed by atoms with Gasteiger partial charge in [0.05, 0.1) is 34.3 Å². The first-order chi connectivity index (χ1) is 9.43. The Morgan fingerprint density at radius 2 is 2.15 bits per heavy atom. The van der Waals surface area contributed by atoms with Gasteiger partial charge in [-0.15, -0.1) is 0 Å². The van der Waals surface area contributed by atoms with Crippen molar-refractivity contribution in [1.29, 1.82) is 5.26 Å². The van der Waals surface area contributed by atoms with Crippen LogP contribution in [-0.2, 0) is 7.05 Å². The van der Waals surface area contributed by atoms with Crippen LogP contribution in [0.15, 0.2) is 18.2 Å². The summed E-state index contributed by atoms with van der Waals surface area (Å²) in [5, 5.41) is 15.7. The molecule has 0 radical (unpaired) electrons. The predicted molar refractivity (Wildman–Crippen MR) is 76.2 cm³/mol. The molecule has 2 aromatic rings. The zero-order valence-electron chi connectivity index (χ0n) is 11.6. The molecule has 2 rings (SSSR count). The van der Waals surface area contributed by atoms with E-state index in [2.05, 4.69) is 10.4 Å². The molecule has 1 aromatic heterocycles. The first-order valence-corrected chi connectivity index (χ1v) is 6.05. The van der Waals surface area contributed by atoms with Crippen LogP contribution >= 0.6 is 0 Å². The van der Waals surface area contributed by atoms with Crippen molar-refractivity contribution in [2.75, 3.05) is 11.1 Å². The summed E-state index contributed by atoms with van der Waals surface area (Å²) in [6.07, 6.45) is 0. The zero-order valence-corrected chi connectivity index (χ0v) is 11.6. The summed E-state index contributed by atoms with van der Waals surface area (Å²) in [7, 11) is 1.79. The maximum atomic E-state index is 12.3. The third-order valence-electron chi connectivity index (χ3n) is 3.16. The molecular weight excluding hydrogens is 254 g/mol. The highest BCUT2D eigenvalue weighted by Gasteiger charge is 2.18. The van der Waals surface area contributed by atoms with Crippen LogP contribution < -0.4 is 11.1 Å². The number of anilines is 2. The number of nitrogen functional groups attached to an aromatic ring is 1. The van der Waals surface area contributed by atoms with E-state index in [1.807, 2.05) is 13.0 Å². The Balaban J connectivity index is 2.31. The molecule has 0 aliphatic rings. The Kier molecular flexibility index (Phi) is 3.44. The lowest BCUT2D eigenvalue weighted by molar-refractivity contribution is 0.102. The molecule has 3 N–H and O–H groups in total. The maximum Gasteiger partial charge on any atom is 0.259 e. The van der Waals surface area contributed by atoms with E-state index >= 15 is 0 Å². The number of hydrogen-bond donors (Lipinski definition) is 2. The molecule has 0 aliphatic carbocycles. The lowest BCUT2D eigenvalue weighted by atomic mass is 10.1. The molecule has 0 atom stereocenters. The highest BCUT2D eigenvalue weighted by atomic mass is 16.1. The molecule has 6 nitrogen and oxygen atoms in total. The molecule has 1 aromatic carbocycles. The summed E-state index contributed by atoms with van der Waals surface area (Å²) >= 11 is 0. The second kappa shape index (κ2) is 5.05. The predicted octanol–water partition coefficient (Wildman–Crippen LogP) is 1.74. The van der Waals surface area contributed by atoms with E-state index in [9.17, 15) is 4.79 Å². The molecule has 1 amide bonds. The number of benzene rings is 1. The number of hydrogen-bond acceptors (Lipinski definition) is 4. The number of aromatic nitrogens is 2. The van der Waals surface area contributed by atoms with Gasteiger partial charge in [-0.05, 0) is 32.0 Å². The van der Waals surface area contributed by atoms with Crippen molar-refractivity contribution >= 4 is 17.3 Å². The second-order valence-electron chi connectivity index (χ2n) is 4.54. The van der Waals surface area contributed by atoms with Crippen LogP contribution in [0.5, 0.6) is 0 Å². The van der Waals surface area contributed by atoms with Gasteiger partial charge >= 0.3 is 0 Å². The molecule has 0 aliphatic heterocycles. The van der Waals surface area contributed by atoms with Crippen molar-refractivity contribution in [3.63, 3.8) is 0 Å². The van der Waals surface area contributed by atoms with E-state index in [-0.39, 0.29) is 5.91 Å². The Hall–Kier alpha value is -2.81. The van der Waals surface area contributed by atoms with Crippen molar-refractivity contribution in [2.45, 2.75) is 13.8 Å². The highest BCUT2D eigenvalue weighted by Crippen LogP contribution is 2.21. The fraction of sp³-hybridized carbons (Fsp3) is 0.214. The minimum absolute atomic E-state index is 0.260. The average molecular weight is 269 g/mol. The number of nitrogens with two attached hydrogens (primary N) is 1. The number of carbonyl (C=O) groups is 1. The van der Waals surface area contributed by atoms with E-state index < -0.39 is 0 Å². The Labute approximate surface area is 116 Å². The monoisotopic (exact) mass is 269 g/mol. The van der Waals surface area contributed by atoms with Gasteiger partial charge in [0.25, 0.3) is 5.91 Å². The molecule has 20 heavy (non-hydrogen) atoms. The summed E-state index contributed by atoms with van der Waals surface area (Å²) in [6.45, 7) is 3.61.